The van der Waals surface area contributed by atoms with Gasteiger partial charge >= 0.3 is 0 Å². The zero-order valence-corrected chi connectivity index (χ0v) is 20.2. The molecule has 9 heteroatoms. The number of rotatable bonds is 6. The van der Waals surface area contributed by atoms with Crippen LogP contribution < -0.4 is 9.64 Å². The molecular formula is C26H30N6O3. The van der Waals surface area contributed by atoms with Crippen molar-refractivity contribution >= 4 is 28.2 Å². The lowest BCUT2D eigenvalue weighted by Crippen LogP contribution is -2.42. The molecule has 0 N–H and O–H groups in total. The molecule has 1 saturated carbocycles. The van der Waals surface area contributed by atoms with E-state index in [0.717, 1.165) is 54.8 Å². The van der Waals surface area contributed by atoms with Gasteiger partial charge in [-0.25, -0.2) is 14.5 Å². The number of ketones is 1. The van der Waals surface area contributed by atoms with Crippen LogP contribution in [-0.4, -0.2) is 70.1 Å². The molecular weight excluding hydrogens is 444 g/mol. The first-order valence-electron chi connectivity index (χ1n) is 12.3. The first kappa shape index (κ1) is 22.0. The Kier molecular flexibility index (Phi) is 5.64. The molecule has 2 fully saturated rings. The van der Waals surface area contributed by atoms with E-state index in [1.165, 1.54) is 0 Å². The summed E-state index contributed by atoms with van der Waals surface area (Å²) >= 11 is 0. The van der Waals surface area contributed by atoms with Gasteiger partial charge < -0.3 is 19.0 Å². The monoisotopic (exact) mass is 474 g/mol. The highest BCUT2D eigenvalue weighted by Gasteiger charge is 2.25. The van der Waals surface area contributed by atoms with Crippen LogP contribution in [0.3, 0.4) is 0 Å². The van der Waals surface area contributed by atoms with E-state index in [2.05, 4.69) is 34.0 Å². The minimum atomic E-state index is 0.270. The molecule has 1 aliphatic carbocycles. The SMILES string of the molecule is CN(C)C1CCN(c2nccc3oc(-c4cnc5ccc(OC[C@H]6CCC(=O)C6)nn45)cc23)CC1. The molecule has 4 aromatic heterocycles. The van der Waals surface area contributed by atoms with Gasteiger partial charge in [-0.2, -0.15) is 0 Å². The van der Waals surface area contributed by atoms with Gasteiger partial charge in [-0.05, 0) is 51.6 Å². The third-order valence-corrected chi connectivity index (χ3v) is 7.32. The largest absolute Gasteiger partial charge is 0.476 e. The number of imidazole rings is 1. The molecule has 0 bridgehead atoms. The first-order chi connectivity index (χ1) is 17.0. The molecule has 182 valence electrons. The lowest BCUT2D eigenvalue weighted by Gasteiger charge is -2.36. The van der Waals surface area contributed by atoms with E-state index >= 15 is 0 Å². The quantitative estimate of drug-likeness (QED) is 0.417. The maximum absolute atomic E-state index is 11.5. The van der Waals surface area contributed by atoms with E-state index in [4.69, 9.17) is 14.1 Å². The molecule has 9 nitrogen and oxygen atoms in total. The molecule has 2 aliphatic rings. The Morgan fingerprint density at radius 3 is 2.77 bits per heavy atom. The molecule has 0 amide bonds. The van der Waals surface area contributed by atoms with Gasteiger partial charge in [-0.15, -0.1) is 5.10 Å². The summed E-state index contributed by atoms with van der Waals surface area (Å²) in [6.45, 7) is 2.44. The molecule has 0 aromatic carbocycles. The van der Waals surface area contributed by atoms with Crippen LogP contribution in [0.4, 0.5) is 5.82 Å². The van der Waals surface area contributed by atoms with Crippen LogP contribution in [0.1, 0.15) is 32.1 Å². The Morgan fingerprint density at radius 2 is 2.00 bits per heavy atom. The Balaban J connectivity index is 1.27. The second-order valence-electron chi connectivity index (χ2n) is 9.88. The number of carbonyl (C=O) groups is 1. The molecule has 6 rings (SSSR count). The summed E-state index contributed by atoms with van der Waals surface area (Å²) in [5.41, 5.74) is 2.27. The second-order valence-corrected chi connectivity index (χ2v) is 9.88. The van der Waals surface area contributed by atoms with Crippen molar-refractivity contribution in [2.75, 3.05) is 38.7 Å². The number of nitrogens with zero attached hydrogens (tertiary/aromatic N) is 6. The van der Waals surface area contributed by atoms with E-state index in [9.17, 15) is 4.79 Å². The van der Waals surface area contributed by atoms with Crippen molar-refractivity contribution in [2.24, 2.45) is 5.92 Å². The van der Waals surface area contributed by atoms with Gasteiger partial charge in [-0.3, -0.25) is 4.79 Å². The molecule has 1 aliphatic heterocycles. The van der Waals surface area contributed by atoms with Gasteiger partial charge in [0.1, 0.15) is 22.9 Å². The highest BCUT2D eigenvalue weighted by atomic mass is 16.5. The van der Waals surface area contributed by atoms with Crippen LogP contribution in [-0.2, 0) is 4.79 Å². The minimum absolute atomic E-state index is 0.270. The van der Waals surface area contributed by atoms with Gasteiger partial charge in [0.15, 0.2) is 11.4 Å². The molecule has 4 aromatic rings. The predicted molar refractivity (Wildman–Crippen MR) is 133 cm³/mol. The van der Waals surface area contributed by atoms with E-state index in [1.807, 2.05) is 30.5 Å². The third-order valence-electron chi connectivity index (χ3n) is 7.32. The van der Waals surface area contributed by atoms with Crippen molar-refractivity contribution in [2.45, 2.75) is 38.1 Å². The van der Waals surface area contributed by atoms with Crippen molar-refractivity contribution in [3.63, 3.8) is 0 Å². The number of carbonyl (C=O) groups excluding carboxylic acids is 1. The molecule has 1 saturated heterocycles. The lowest BCUT2D eigenvalue weighted by atomic mass is 10.0. The number of ether oxygens (including phenoxy) is 1. The molecule has 0 unspecified atom stereocenters. The average Bonchev–Trinajstić information content (AvgIpc) is 3.59. The van der Waals surface area contributed by atoms with Crippen LogP contribution >= 0.6 is 0 Å². The molecule has 0 spiro atoms. The standard InChI is InChI=1S/C26H30N6O3/c1-30(2)18-8-11-31(12-9-18)26-20-14-23(35-22(20)7-10-27-26)21-15-28-24-5-6-25(29-32(21)24)34-16-17-3-4-19(33)13-17/h5-7,10,14-15,17-18H,3-4,8-9,11-13,16H2,1-2H3/t17-/m0/s1. The van der Waals surface area contributed by atoms with Gasteiger partial charge in [0.25, 0.3) is 0 Å². The molecule has 5 heterocycles. The number of fused-ring (bicyclic) bond motifs is 2. The fourth-order valence-corrected chi connectivity index (χ4v) is 5.26. The Hall–Kier alpha value is -3.46. The van der Waals surface area contributed by atoms with E-state index < -0.39 is 0 Å². The number of furan rings is 1. The van der Waals surface area contributed by atoms with Crippen LogP contribution in [0.25, 0.3) is 28.1 Å². The number of hydrogen-bond acceptors (Lipinski definition) is 8. The Bertz CT molecular complexity index is 1370. The number of Topliss-reactive ketones (excluding diaryl/α,β-unsaturated/α-hetero) is 1. The third kappa shape index (κ3) is 4.25. The van der Waals surface area contributed by atoms with Gasteiger partial charge in [0.2, 0.25) is 5.88 Å². The highest BCUT2D eigenvalue weighted by Crippen LogP contribution is 2.34. The zero-order valence-electron chi connectivity index (χ0n) is 20.2. The number of piperidine rings is 1. The topological polar surface area (TPSA) is 89.0 Å². The highest BCUT2D eigenvalue weighted by molar-refractivity contribution is 5.92. The van der Waals surface area contributed by atoms with Gasteiger partial charge in [0.05, 0.1) is 18.2 Å². The van der Waals surface area contributed by atoms with Crippen molar-refractivity contribution in [1.29, 1.82) is 0 Å². The normalized spacial score (nSPS) is 19.5. The number of anilines is 1. The first-order valence-corrected chi connectivity index (χ1v) is 12.3. The van der Waals surface area contributed by atoms with Crippen LogP contribution in [0.5, 0.6) is 5.88 Å². The summed E-state index contributed by atoms with van der Waals surface area (Å²) in [5, 5.41) is 5.65. The average molecular weight is 475 g/mol. The van der Waals surface area contributed by atoms with Crippen molar-refractivity contribution in [3.05, 3.63) is 36.7 Å². The summed E-state index contributed by atoms with van der Waals surface area (Å²) in [5.74, 6) is 2.76. The predicted octanol–water partition coefficient (Wildman–Crippen LogP) is 3.82. The number of pyridine rings is 1. The summed E-state index contributed by atoms with van der Waals surface area (Å²) in [6.07, 6.45) is 7.96. The zero-order chi connectivity index (χ0) is 23.9. The van der Waals surface area contributed by atoms with Crippen LogP contribution in [0.2, 0.25) is 0 Å². The van der Waals surface area contributed by atoms with Crippen molar-refractivity contribution in [1.82, 2.24) is 24.5 Å². The summed E-state index contributed by atoms with van der Waals surface area (Å²) in [4.78, 5) is 25.4. The molecule has 35 heavy (non-hydrogen) atoms. The maximum Gasteiger partial charge on any atom is 0.231 e. The Labute approximate surface area is 203 Å². The molecule has 0 radical (unpaired) electrons. The van der Waals surface area contributed by atoms with Crippen molar-refractivity contribution < 1.29 is 13.9 Å². The summed E-state index contributed by atoms with van der Waals surface area (Å²) in [6, 6.07) is 8.26. The fourth-order valence-electron chi connectivity index (χ4n) is 5.26. The minimum Gasteiger partial charge on any atom is -0.476 e. The Morgan fingerprint density at radius 1 is 1.14 bits per heavy atom. The van der Waals surface area contributed by atoms with Gasteiger partial charge in [0, 0.05) is 50.2 Å². The van der Waals surface area contributed by atoms with Gasteiger partial charge in [-0.1, -0.05) is 0 Å². The lowest BCUT2D eigenvalue weighted by molar-refractivity contribution is -0.117. The second kappa shape index (κ2) is 8.96. The fraction of sp³-hybridized carbons (Fsp3) is 0.462. The molecule has 1 atom stereocenters. The number of hydrogen-bond donors (Lipinski definition) is 0. The van der Waals surface area contributed by atoms with Crippen LogP contribution in [0, 0.1) is 5.92 Å². The maximum atomic E-state index is 11.5. The van der Waals surface area contributed by atoms with Crippen LogP contribution in [0.15, 0.2) is 41.1 Å². The van der Waals surface area contributed by atoms with E-state index in [1.54, 1.807) is 10.7 Å². The smallest absolute Gasteiger partial charge is 0.231 e. The van der Waals surface area contributed by atoms with Crippen molar-refractivity contribution in [3.8, 4) is 17.3 Å². The van der Waals surface area contributed by atoms with E-state index in [0.29, 0.717) is 48.6 Å². The van der Waals surface area contributed by atoms with E-state index in [-0.39, 0.29) is 5.92 Å². The summed E-state index contributed by atoms with van der Waals surface area (Å²) in [7, 11) is 4.30. The number of aromatic nitrogens is 4. The summed E-state index contributed by atoms with van der Waals surface area (Å²) < 4.78 is 13.9.